The number of hydrogen-bond donors (Lipinski definition) is 1. The number of nitrogens with one attached hydrogen (secondary N) is 1. The molecule has 0 atom stereocenters. The molecule has 30 heavy (non-hydrogen) atoms. The second-order valence-electron chi connectivity index (χ2n) is 7.99. The van der Waals surface area contributed by atoms with E-state index in [1.165, 1.54) is 24.8 Å². The van der Waals surface area contributed by atoms with E-state index in [4.69, 9.17) is 0 Å². The van der Waals surface area contributed by atoms with E-state index < -0.39 is 10.0 Å². The van der Waals surface area contributed by atoms with Crippen LogP contribution in [0.5, 0.6) is 0 Å². The van der Waals surface area contributed by atoms with Crippen molar-refractivity contribution in [3.8, 4) is 0 Å². The molecule has 1 aliphatic rings. The van der Waals surface area contributed by atoms with Gasteiger partial charge in [0.2, 0.25) is 15.9 Å². The highest BCUT2D eigenvalue weighted by Crippen LogP contribution is 2.21. The molecule has 1 amide bonds. The summed E-state index contributed by atoms with van der Waals surface area (Å²) in [7, 11) is -3.57. The van der Waals surface area contributed by atoms with Crippen LogP contribution in [0.25, 0.3) is 0 Å². The highest BCUT2D eigenvalue weighted by Gasteiger charge is 2.22. The van der Waals surface area contributed by atoms with E-state index in [0.717, 1.165) is 41.3 Å². The van der Waals surface area contributed by atoms with Crippen LogP contribution in [0.4, 0.5) is 5.69 Å². The van der Waals surface area contributed by atoms with Crippen LogP contribution < -0.4 is 9.62 Å². The predicted octanol–water partition coefficient (Wildman–Crippen LogP) is 3.06. The number of hydrogen-bond acceptors (Lipinski definition) is 4. The first kappa shape index (κ1) is 22.3. The van der Waals surface area contributed by atoms with E-state index in [1.54, 1.807) is 12.1 Å². The molecule has 1 N–H and O–H groups in total. The molecule has 0 saturated carbocycles. The molecule has 0 aromatic heterocycles. The third-order valence-corrected chi connectivity index (χ3v) is 6.57. The fraction of sp³-hybridized carbons (Fsp3) is 0.435. The average Bonchev–Trinajstić information content (AvgIpc) is 2.72. The van der Waals surface area contributed by atoms with E-state index in [0.29, 0.717) is 12.2 Å². The maximum Gasteiger partial charge on any atom is 0.241 e. The van der Waals surface area contributed by atoms with Crippen molar-refractivity contribution in [2.24, 2.45) is 0 Å². The number of para-hydroxylation sites is 1. The summed E-state index contributed by atoms with van der Waals surface area (Å²) < 4.78 is 25.6. The molecule has 2 aromatic carbocycles. The van der Waals surface area contributed by atoms with Crippen molar-refractivity contribution in [2.75, 3.05) is 30.2 Å². The number of carbonyl (C=O) groups excluding carboxylic acids is 1. The van der Waals surface area contributed by atoms with Gasteiger partial charge in [0.05, 0.1) is 11.9 Å². The third-order valence-electron chi connectivity index (χ3n) is 5.44. The first-order valence-electron chi connectivity index (χ1n) is 10.4. The zero-order valence-electron chi connectivity index (χ0n) is 17.8. The molecule has 0 unspecified atom stereocenters. The van der Waals surface area contributed by atoms with Crippen molar-refractivity contribution >= 4 is 21.6 Å². The van der Waals surface area contributed by atoms with Gasteiger partial charge in [0.25, 0.3) is 0 Å². The van der Waals surface area contributed by atoms with Crippen molar-refractivity contribution in [3.05, 3.63) is 65.2 Å². The molecule has 0 bridgehead atoms. The Morgan fingerprint density at radius 1 is 1.00 bits per heavy atom. The Hall–Kier alpha value is -2.38. The normalized spacial score (nSPS) is 15.0. The minimum Gasteiger partial charge on any atom is -0.350 e. The Morgan fingerprint density at radius 3 is 2.27 bits per heavy atom. The zero-order valence-corrected chi connectivity index (χ0v) is 18.6. The van der Waals surface area contributed by atoms with E-state index >= 15 is 0 Å². The van der Waals surface area contributed by atoms with Gasteiger partial charge >= 0.3 is 0 Å². The van der Waals surface area contributed by atoms with Crippen molar-refractivity contribution < 1.29 is 13.2 Å². The summed E-state index contributed by atoms with van der Waals surface area (Å²) in [6, 6.07) is 15.4. The Labute approximate surface area is 179 Å². The maximum atomic E-state index is 12.5. The fourth-order valence-corrected chi connectivity index (χ4v) is 4.66. The SMILES string of the molecule is Cc1ccccc1N(CC(=O)NCc1ccc(CN2CCCCC2)cc1)S(C)(=O)=O. The quantitative estimate of drug-likeness (QED) is 0.700. The summed E-state index contributed by atoms with van der Waals surface area (Å²) in [5, 5.41) is 2.84. The molecular weight excluding hydrogens is 398 g/mol. The number of amides is 1. The molecule has 3 rings (SSSR count). The number of anilines is 1. The van der Waals surface area contributed by atoms with E-state index in [2.05, 4.69) is 22.3 Å². The summed E-state index contributed by atoms with van der Waals surface area (Å²) in [6.07, 6.45) is 5.00. The molecule has 7 heteroatoms. The van der Waals surface area contributed by atoms with Gasteiger partial charge in [0.15, 0.2) is 0 Å². The zero-order chi connectivity index (χ0) is 21.6. The third kappa shape index (κ3) is 6.31. The highest BCUT2D eigenvalue weighted by molar-refractivity contribution is 7.92. The molecule has 1 aliphatic heterocycles. The highest BCUT2D eigenvalue weighted by atomic mass is 32.2. The largest absolute Gasteiger partial charge is 0.350 e. The lowest BCUT2D eigenvalue weighted by Crippen LogP contribution is -2.40. The molecular formula is C23H31N3O3S. The lowest BCUT2D eigenvalue weighted by Gasteiger charge is -2.26. The number of carbonyl (C=O) groups is 1. The van der Waals surface area contributed by atoms with Gasteiger partial charge in [0.1, 0.15) is 6.54 Å². The molecule has 0 aliphatic carbocycles. The number of rotatable bonds is 8. The predicted molar refractivity (Wildman–Crippen MR) is 121 cm³/mol. The number of nitrogens with zero attached hydrogens (tertiary/aromatic N) is 2. The van der Waals surface area contributed by atoms with Crippen LogP contribution in [-0.4, -0.2) is 45.1 Å². The molecule has 0 spiro atoms. The fourth-order valence-electron chi connectivity index (χ4n) is 3.75. The van der Waals surface area contributed by atoms with Gasteiger partial charge in [-0.1, -0.05) is 48.9 Å². The molecule has 6 nitrogen and oxygen atoms in total. The van der Waals surface area contributed by atoms with Gasteiger partial charge in [-0.3, -0.25) is 14.0 Å². The molecule has 1 heterocycles. The summed E-state index contributed by atoms with van der Waals surface area (Å²) in [5.41, 5.74) is 3.60. The first-order chi connectivity index (χ1) is 14.3. The van der Waals surface area contributed by atoms with Crippen LogP contribution in [0, 0.1) is 6.92 Å². The van der Waals surface area contributed by atoms with Gasteiger partial charge in [0, 0.05) is 13.1 Å². The molecule has 1 saturated heterocycles. The average molecular weight is 430 g/mol. The van der Waals surface area contributed by atoms with Crippen LogP contribution in [0.3, 0.4) is 0 Å². The number of likely N-dealkylation sites (tertiary alicyclic amines) is 1. The monoisotopic (exact) mass is 429 g/mol. The second-order valence-corrected chi connectivity index (χ2v) is 9.89. The van der Waals surface area contributed by atoms with Crippen LogP contribution in [0.2, 0.25) is 0 Å². The molecule has 2 aromatic rings. The van der Waals surface area contributed by atoms with E-state index in [-0.39, 0.29) is 12.5 Å². The Balaban J connectivity index is 1.56. The summed E-state index contributed by atoms with van der Waals surface area (Å²) in [5.74, 6) is -0.332. The van der Waals surface area contributed by atoms with Crippen molar-refractivity contribution in [1.82, 2.24) is 10.2 Å². The maximum absolute atomic E-state index is 12.5. The van der Waals surface area contributed by atoms with Gasteiger partial charge in [-0.25, -0.2) is 8.42 Å². The van der Waals surface area contributed by atoms with Crippen LogP contribution in [-0.2, 0) is 27.9 Å². The lowest BCUT2D eigenvalue weighted by atomic mass is 10.1. The minimum absolute atomic E-state index is 0.239. The summed E-state index contributed by atoms with van der Waals surface area (Å²) >= 11 is 0. The van der Waals surface area contributed by atoms with Crippen LogP contribution in [0.1, 0.15) is 36.0 Å². The van der Waals surface area contributed by atoms with Crippen LogP contribution in [0.15, 0.2) is 48.5 Å². The van der Waals surface area contributed by atoms with E-state index in [9.17, 15) is 13.2 Å². The molecule has 162 valence electrons. The van der Waals surface area contributed by atoms with Crippen molar-refractivity contribution in [1.29, 1.82) is 0 Å². The van der Waals surface area contributed by atoms with Gasteiger partial charge in [-0.05, 0) is 55.6 Å². The van der Waals surface area contributed by atoms with Gasteiger partial charge in [-0.2, -0.15) is 0 Å². The topological polar surface area (TPSA) is 69.7 Å². The Morgan fingerprint density at radius 2 is 1.63 bits per heavy atom. The Bertz CT molecular complexity index is 952. The van der Waals surface area contributed by atoms with E-state index in [1.807, 2.05) is 31.2 Å². The smallest absolute Gasteiger partial charge is 0.241 e. The molecule has 1 fully saturated rings. The van der Waals surface area contributed by atoms with Gasteiger partial charge in [-0.15, -0.1) is 0 Å². The summed E-state index contributed by atoms with van der Waals surface area (Å²) in [6.45, 7) is 5.25. The lowest BCUT2D eigenvalue weighted by molar-refractivity contribution is -0.119. The van der Waals surface area contributed by atoms with Crippen molar-refractivity contribution in [3.63, 3.8) is 0 Å². The summed E-state index contributed by atoms with van der Waals surface area (Å²) in [4.78, 5) is 14.9. The Kier molecular flexibility index (Phi) is 7.50. The van der Waals surface area contributed by atoms with Crippen LogP contribution >= 0.6 is 0 Å². The first-order valence-corrected chi connectivity index (χ1v) is 12.3. The van der Waals surface area contributed by atoms with Gasteiger partial charge < -0.3 is 5.32 Å². The molecule has 0 radical (unpaired) electrons. The second kappa shape index (κ2) is 10.1. The standard InChI is InChI=1S/C23H31N3O3S/c1-19-8-4-5-9-22(19)26(30(2,28)29)18-23(27)24-16-20-10-12-21(13-11-20)17-25-14-6-3-7-15-25/h4-5,8-13H,3,6-7,14-18H2,1-2H3,(H,24,27). The van der Waals surface area contributed by atoms with Crippen molar-refractivity contribution in [2.45, 2.75) is 39.3 Å². The number of aryl methyl sites for hydroxylation is 1. The number of piperidine rings is 1. The number of sulfonamides is 1. The minimum atomic E-state index is -3.57. The number of benzene rings is 2.